The molecule has 0 spiro atoms. The number of pyridine rings is 1. The third-order valence-corrected chi connectivity index (χ3v) is 3.68. The minimum Gasteiger partial charge on any atom is -0.351 e. The van der Waals surface area contributed by atoms with Gasteiger partial charge in [-0.2, -0.15) is 0 Å². The predicted molar refractivity (Wildman–Crippen MR) is 79.7 cm³/mol. The van der Waals surface area contributed by atoms with Gasteiger partial charge in [-0.15, -0.1) is 0 Å². The van der Waals surface area contributed by atoms with E-state index in [4.69, 9.17) is 0 Å². The second kappa shape index (κ2) is 7.97. The molecule has 110 valence electrons. The summed E-state index contributed by atoms with van der Waals surface area (Å²) in [6.07, 6.45) is 3.79. The highest BCUT2D eigenvalue weighted by atomic mass is 16.1. The predicted octanol–water partition coefficient (Wildman–Crippen LogP) is 0.839. The molecule has 0 aliphatic carbocycles. The smallest absolute Gasteiger partial charge is 0.269 e. The highest BCUT2D eigenvalue weighted by Crippen LogP contribution is 2.01. The summed E-state index contributed by atoms with van der Waals surface area (Å²) >= 11 is 0. The van der Waals surface area contributed by atoms with Crippen LogP contribution < -0.4 is 5.32 Å². The van der Waals surface area contributed by atoms with Crippen molar-refractivity contribution < 1.29 is 4.79 Å². The Morgan fingerprint density at radius 3 is 2.75 bits per heavy atom. The number of hydrogen-bond acceptors (Lipinski definition) is 4. The quantitative estimate of drug-likeness (QED) is 0.782. The van der Waals surface area contributed by atoms with Crippen LogP contribution >= 0.6 is 0 Å². The van der Waals surface area contributed by atoms with Gasteiger partial charge in [0.15, 0.2) is 0 Å². The maximum absolute atomic E-state index is 11.8. The zero-order chi connectivity index (χ0) is 14.2. The topological polar surface area (TPSA) is 48.5 Å². The lowest BCUT2D eigenvalue weighted by molar-refractivity contribution is 0.0947. The molecule has 5 heteroatoms. The molecule has 1 fully saturated rings. The molecule has 1 aromatic rings. The first kappa shape index (κ1) is 14.9. The van der Waals surface area contributed by atoms with E-state index < -0.39 is 0 Å². The molecule has 1 N–H and O–H groups in total. The van der Waals surface area contributed by atoms with Crippen LogP contribution in [0.3, 0.4) is 0 Å². The highest BCUT2D eigenvalue weighted by Gasteiger charge is 2.12. The number of unbranched alkanes of at least 4 members (excludes halogenated alkanes) is 1. The molecule has 0 unspecified atom stereocenters. The fraction of sp³-hybridized carbons (Fsp3) is 0.600. The van der Waals surface area contributed by atoms with Gasteiger partial charge in [0.25, 0.3) is 5.91 Å². The van der Waals surface area contributed by atoms with Gasteiger partial charge in [-0.1, -0.05) is 6.07 Å². The van der Waals surface area contributed by atoms with Crippen LogP contribution in [0.5, 0.6) is 0 Å². The Bertz CT molecular complexity index is 402. The van der Waals surface area contributed by atoms with E-state index in [0.717, 1.165) is 52.1 Å². The molecular weight excluding hydrogens is 252 g/mol. The summed E-state index contributed by atoms with van der Waals surface area (Å²) in [6, 6.07) is 5.38. The van der Waals surface area contributed by atoms with Crippen LogP contribution in [-0.4, -0.2) is 67.0 Å². The minimum absolute atomic E-state index is 0.0785. The molecule has 1 aromatic heterocycles. The van der Waals surface area contributed by atoms with Crippen molar-refractivity contribution in [2.75, 3.05) is 46.3 Å². The van der Waals surface area contributed by atoms with Gasteiger partial charge in [0, 0.05) is 38.9 Å². The molecule has 0 atom stereocenters. The second-order valence-electron chi connectivity index (χ2n) is 5.32. The molecular formula is C15H24N4O. The number of nitrogens with zero attached hydrogens (tertiary/aromatic N) is 3. The summed E-state index contributed by atoms with van der Waals surface area (Å²) in [6.45, 7) is 6.51. The van der Waals surface area contributed by atoms with E-state index in [2.05, 4.69) is 27.1 Å². The number of carbonyl (C=O) groups excluding carboxylic acids is 1. The van der Waals surface area contributed by atoms with Crippen molar-refractivity contribution in [3.8, 4) is 0 Å². The van der Waals surface area contributed by atoms with Crippen molar-refractivity contribution in [3.63, 3.8) is 0 Å². The van der Waals surface area contributed by atoms with E-state index in [1.165, 1.54) is 0 Å². The van der Waals surface area contributed by atoms with Crippen molar-refractivity contribution in [1.82, 2.24) is 20.1 Å². The Labute approximate surface area is 121 Å². The van der Waals surface area contributed by atoms with Crippen LogP contribution in [0.25, 0.3) is 0 Å². The third kappa shape index (κ3) is 4.90. The van der Waals surface area contributed by atoms with Gasteiger partial charge in [0.1, 0.15) is 5.69 Å². The molecule has 1 saturated heterocycles. The van der Waals surface area contributed by atoms with E-state index in [9.17, 15) is 4.79 Å². The fourth-order valence-corrected chi connectivity index (χ4v) is 2.32. The average Bonchev–Trinajstić information content (AvgIpc) is 2.49. The van der Waals surface area contributed by atoms with Gasteiger partial charge >= 0.3 is 0 Å². The molecule has 0 radical (unpaired) electrons. The summed E-state index contributed by atoms with van der Waals surface area (Å²) in [5, 5.41) is 2.92. The number of carbonyl (C=O) groups is 1. The van der Waals surface area contributed by atoms with Crippen molar-refractivity contribution in [1.29, 1.82) is 0 Å². The Hall–Kier alpha value is -1.46. The summed E-state index contributed by atoms with van der Waals surface area (Å²) in [7, 11) is 2.17. The monoisotopic (exact) mass is 276 g/mol. The molecule has 2 rings (SSSR count). The maximum atomic E-state index is 11.8. The molecule has 1 amide bonds. The van der Waals surface area contributed by atoms with E-state index >= 15 is 0 Å². The molecule has 20 heavy (non-hydrogen) atoms. The van der Waals surface area contributed by atoms with Gasteiger partial charge in [0.05, 0.1) is 0 Å². The molecule has 5 nitrogen and oxygen atoms in total. The van der Waals surface area contributed by atoms with E-state index in [-0.39, 0.29) is 5.91 Å². The highest BCUT2D eigenvalue weighted by molar-refractivity contribution is 5.92. The summed E-state index contributed by atoms with van der Waals surface area (Å²) in [4.78, 5) is 20.7. The lowest BCUT2D eigenvalue weighted by Crippen LogP contribution is -2.44. The van der Waals surface area contributed by atoms with Crippen LogP contribution in [0.1, 0.15) is 23.3 Å². The Morgan fingerprint density at radius 2 is 2.05 bits per heavy atom. The van der Waals surface area contributed by atoms with Crippen LogP contribution in [0.2, 0.25) is 0 Å². The van der Waals surface area contributed by atoms with Crippen molar-refractivity contribution in [2.45, 2.75) is 12.8 Å². The molecule has 0 aromatic carbocycles. The van der Waals surface area contributed by atoms with E-state index in [1.54, 1.807) is 12.3 Å². The first-order valence-corrected chi connectivity index (χ1v) is 7.36. The van der Waals surface area contributed by atoms with E-state index in [0.29, 0.717) is 5.69 Å². The number of rotatable bonds is 6. The van der Waals surface area contributed by atoms with Crippen LogP contribution in [0, 0.1) is 0 Å². The Balaban J connectivity index is 1.55. The Kier molecular flexibility index (Phi) is 5.95. The van der Waals surface area contributed by atoms with Gasteiger partial charge in [0.2, 0.25) is 0 Å². The Morgan fingerprint density at radius 1 is 1.25 bits per heavy atom. The van der Waals surface area contributed by atoms with Gasteiger partial charge in [-0.3, -0.25) is 9.78 Å². The largest absolute Gasteiger partial charge is 0.351 e. The standard InChI is InChI=1S/C15H24N4O/c1-18-10-12-19(13-11-18)9-5-4-8-17-15(20)14-6-2-3-7-16-14/h2-3,6-7H,4-5,8-13H2,1H3,(H,17,20). The molecule has 0 saturated carbocycles. The lowest BCUT2D eigenvalue weighted by Gasteiger charge is -2.32. The molecule has 2 heterocycles. The number of hydrogen-bond donors (Lipinski definition) is 1. The first-order chi connectivity index (χ1) is 9.75. The first-order valence-electron chi connectivity index (χ1n) is 7.36. The lowest BCUT2D eigenvalue weighted by atomic mass is 10.2. The molecule has 0 bridgehead atoms. The number of piperazine rings is 1. The minimum atomic E-state index is -0.0785. The number of amides is 1. The van der Waals surface area contributed by atoms with Gasteiger partial charge < -0.3 is 15.1 Å². The van der Waals surface area contributed by atoms with Crippen LogP contribution in [0.4, 0.5) is 0 Å². The summed E-state index contributed by atoms with van der Waals surface area (Å²) in [5.74, 6) is -0.0785. The normalized spacial score (nSPS) is 17.1. The van der Waals surface area contributed by atoms with Crippen molar-refractivity contribution >= 4 is 5.91 Å². The second-order valence-corrected chi connectivity index (χ2v) is 5.32. The van der Waals surface area contributed by atoms with Gasteiger partial charge in [-0.25, -0.2) is 0 Å². The van der Waals surface area contributed by atoms with Crippen molar-refractivity contribution in [2.24, 2.45) is 0 Å². The third-order valence-electron chi connectivity index (χ3n) is 3.68. The van der Waals surface area contributed by atoms with Crippen molar-refractivity contribution in [3.05, 3.63) is 30.1 Å². The average molecular weight is 276 g/mol. The molecule has 1 aliphatic rings. The van der Waals surface area contributed by atoms with Crippen LogP contribution in [-0.2, 0) is 0 Å². The zero-order valence-corrected chi connectivity index (χ0v) is 12.2. The SMILES string of the molecule is CN1CCN(CCCCNC(=O)c2ccccn2)CC1. The summed E-state index contributed by atoms with van der Waals surface area (Å²) in [5.41, 5.74) is 0.492. The molecule has 1 aliphatic heterocycles. The number of nitrogens with one attached hydrogen (secondary N) is 1. The van der Waals surface area contributed by atoms with E-state index in [1.807, 2.05) is 12.1 Å². The zero-order valence-electron chi connectivity index (χ0n) is 12.2. The van der Waals surface area contributed by atoms with Crippen LogP contribution in [0.15, 0.2) is 24.4 Å². The number of aromatic nitrogens is 1. The maximum Gasteiger partial charge on any atom is 0.269 e. The summed E-state index contributed by atoms with van der Waals surface area (Å²) < 4.78 is 0. The number of likely N-dealkylation sites (N-methyl/N-ethyl adjacent to an activating group) is 1. The fourth-order valence-electron chi connectivity index (χ4n) is 2.32. The van der Waals surface area contributed by atoms with Gasteiger partial charge in [-0.05, 0) is 38.6 Å².